The Labute approximate surface area is 90.1 Å². The minimum absolute atomic E-state index is 0.640. The Bertz CT molecular complexity index is 483. The highest BCUT2D eigenvalue weighted by molar-refractivity contribution is 5.59. The molecule has 0 atom stereocenters. The summed E-state index contributed by atoms with van der Waals surface area (Å²) in [6, 6.07) is 4.23. The molecule has 0 amide bonds. The number of aromatic nitrogens is 2. The Kier molecular flexibility index (Phi) is 2.46. The third-order valence-corrected chi connectivity index (χ3v) is 2.19. The fraction of sp³-hybridized carbons (Fsp3) is 0.182. The number of alkyl halides is 3. The first-order valence-corrected chi connectivity index (χ1v) is 4.65. The maximum atomic E-state index is 12.3. The van der Waals surface area contributed by atoms with Gasteiger partial charge in [-0.2, -0.15) is 13.2 Å². The first-order chi connectivity index (χ1) is 7.47. The molecule has 2 aromatic heterocycles. The number of nitrogens with one attached hydrogen (secondary N) is 1. The van der Waals surface area contributed by atoms with Gasteiger partial charge in [0.2, 0.25) is 0 Å². The molecule has 0 fully saturated rings. The van der Waals surface area contributed by atoms with E-state index in [4.69, 9.17) is 0 Å². The molecule has 1 N–H and O–H groups in total. The summed E-state index contributed by atoms with van der Waals surface area (Å²) in [5, 5.41) is 0. The van der Waals surface area contributed by atoms with Gasteiger partial charge >= 0.3 is 6.18 Å². The van der Waals surface area contributed by atoms with E-state index in [1.807, 2.05) is 13.0 Å². The molecule has 16 heavy (non-hydrogen) atoms. The summed E-state index contributed by atoms with van der Waals surface area (Å²) in [5.41, 5.74) is 1.55. The van der Waals surface area contributed by atoms with Crippen LogP contribution in [0.15, 0.2) is 30.6 Å². The van der Waals surface area contributed by atoms with Crippen molar-refractivity contribution >= 4 is 0 Å². The van der Waals surface area contributed by atoms with E-state index in [1.165, 1.54) is 12.3 Å². The highest BCUT2D eigenvalue weighted by Crippen LogP contribution is 2.28. The zero-order valence-electron chi connectivity index (χ0n) is 8.47. The van der Waals surface area contributed by atoms with E-state index in [1.54, 1.807) is 6.20 Å². The van der Waals surface area contributed by atoms with Gasteiger partial charge in [0.1, 0.15) is 5.69 Å². The van der Waals surface area contributed by atoms with Crippen LogP contribution in [-0.4, -0.2) is 9.97 Å². The van der Waals surface area contributed by atoms with E-state index in [9.17, 15) is 13.2 Å². The van der Waals surface area contributed by atoms with Crippen molar-refractivity contribution in [3.05, 3.63) is 41.9 Å². The van der Waals surface area contributed by atoms with Crippen LogP contribution in [0.5, 0.6) is 0 Å². The Hall–Kier alpha value is -1.78. The number of rotatable bonds is 1. The number of halogens is 3. The van der Waals surface area contributed by atoms with Crippen LogP contribution in [0, 0.1) is 6.92 Å². The molecule has 2 heterocycles. The van der Waals surface area contributed by atoms with Crippen molar-refractivity contribution in [2.75, 3.05) is 0 Å². The second-order valence-electron chi connectivity index (χ2n) is 3.52. The fourth-order valence-electron chi connectivity index (χ4n) is 1.39. The minimum atomic E-state index is -4.38. The lowest BCUT2D eigenvalue weighted by molar-refractivity contribution is -0.141. The molecule has 2 rings (SSSR count). The molecule has 84 valence electrons. The van der Waals surface area contributed by atoms with Crippen LogP contribution in [0.1, 0.15) is 11.3 Å². The molecule has 0 saturated heterocycles. The van der Waals surface area contributed by atoms with Crippen molar-refractivity contribution in [1.82, 2.24) is 9.97 Å². The third-order valence-electron chi connectivity index (χ3n) is 2.19. The predicted molar refractivity (Wildman–Crippen MR) is 53.8 cm³/mol. The van der Waals surface area contributed by atoms with Gasteiger partial charge in [0.15, 0.2) is 0 Å². The zero-order chi connectivity index (χ0) is 11.8. The van der Waals surface area contributed by atoms with E-state index in [2.05, 4.69) is 9.97 Å². The first kappa shape index (κ1) is 10.7. The average molecular weight is 226 g/mol. The van der Waals surface area contributed by atoms with E-state index >= 15 is 0 Å². The smallest absolute Gasteiger partial charge is 0.361 e. The van der Waals surface area contributed by atoms with Crippen LogP contribution in [0.3, 0.4) is 0 Å². The fourth-order valence-corrected chi connectivity index (χ4v) is 1.39. The number of aryl methyl sites for hydroxylation is 1. The number of hydrogen-bond acceptors (Lipinski definition) is 1. The van der Waals surface area contributed by atoms with Crippen LogP contribution >= 0.6 is 0 Å². The van der Waals surface area contributed by atoms with Crippen LogP contribution in [0.4, 0.5) is 13.2 Å². The normalized spacial score (nSPS) is 11.8. The average Bonchev–Trinajstić information content (AvgIpc) is 2.64. The second-order valence-corrected chi connectivity index (χ2v) is 3.52. The van der Waals surface area contributed by atoms with Crippen molar-refractivity contribution in [3.8, 4) is 11.3 Å². The summed E-state index contributed by atoms with van der Waals surface area (Å²) in [6.07, 6.45) is -1.38. The van der Waals surface area contributed by atoms with Gasteiger partial charge < -0.3 is 4.98 Å². The second kappa shape index (κ2) is 3.66. The maximum absolute atomic E-state index is 12.3. The third kappa shape index (κ3) is 2.08. The first-order valence-electron chi connectivity index (χ1n) is 4.65. The molecule has 0 aliphatic rings. The van der Waals surface area contributed by atoms with Crippen molar-refractivity contribution in [2.24, 2.45) is 0 Å². The Morgan fingerprint density at radius 1 is 1.25 bits per heavy atom. The maximum Gasteiger partial charge on any atom is 0.433 e. The summed E-state index contributed by atoms with van der Waals surface area (Å²) in [6.45, 7) is 1.90. The molecule has 2 nitrogen and oxygen atoms in total. The van der Waals surface area contributed by atoms with Gasteiger partial charge in [-0.25, -0.2) is 0 Å². The van der Waals surface area contributed by atoms with Gasteiger partial charge in [0, 0.05) is 23.7 Å². The van der Waals surface area contributed by atoms with Crippen molar-refractivity contribution in [1.29, 1.82) is 0 Å². The molecular formula is C11H9F3N2. The molecule has 0 aromatic carbocycles. The monoisotopic (exact) mass is 226 g/mol. The lowest BCUT2D eigenvalue weighted by Crippen LogP contribution is -2.07. The van der Waals surface area contributed by atoms with Crippen molar-refractivity contribution in [3.63, 3.8) is 0 Å². The molecule has 2 aromatic rings. The molecule has 0 unspecified atom stereocenters. The van der Waals surface area contributed by atoms with Gasteiger partial charge in [-0.3, -0.25) is 4.98 Å². The van der Waals surface area contributed by atoms with Crippen LogP contribution in [0.25, 0.3) is 11.3 Å². The van der Waals surface area contributed by atoms with Gasteiger partial charge in [0.25, 0.3) is 0 Å². The van der Waals surface area contributed by atoms with Gasteiger partial charge in [0.05, 0.1) is 0 Å². The Balaban J connectivity index is 2.33. The van der Waals surface area contributed by atoms with Gasteiger partial charge in [-0.1, -0.05) is 0 Å². The summed E-state index contributed by atoms with van der Waals surface area (Å²) in [7, 11) is 0. The predicted octanol–water partition coefficient (Wildman–Crippen LogP) is 3.40. The largest absolute Gasteiger partial charge is 0.433 e. The molecule has 0 bridgehead atoms. The molecular weight excluding hydrogens is 217 g/mol. The number of pyridine rings is 1. The summed E-state index contributed by atoms with van der Waals surface area (Å²) in [5.74, 6) is 0. The van der Waals surface area contributed by atoms with Crippen LogP contribution in [-0.2, 0) is 6.18 Å². The lowest BCUT2D eigenvalue weighted by Gasteiger charge is -2.05. The summed E-state index contributed by atoms with van der Waals surface area (Å²) in [4.78, 5) is 6.35. The summed E-state index contributed by atoms with van der Waals surface area (Å²) < 4.78 is 36.8. The zero-order valence-corrected chi connectivity index (χ0v) is 8.47. The Morgan fingerprint density at radius 3 is 2.44 bits per heavy atom. The molecule has 0 aliphatic heterocycles. The van der Waals surface area contributed by atoms with Gasteiger partial charge in [-0.15, -0.1) is 0 Å². The molecule has 5 heteroatoms. The summed E-state index contributed by atoms with van der Waals surface area (Å²) >= 11 is 0. The Morgan fingerprint density at radius 2 is 2.00 bits per heavy atom. The van der Waals surface area contributed by atoms with Gasteiger partial charge in [-0.05, 0) is 30.7 Å². The quantitative estimate of drug-likeness (QED) is 0.793. The molecule has 0 spiro atoms. The standard InChI is InChI=1S/C11H9F3N2/c1-7-4-9(15-5-7)8-2-3-10(16-6-8)11(12,13)14/h2-6,15H,1H3. The molecule has 0 aliphatic carbocycles. The highest BCUT2D eigenvalue weighted by atomic mass is 19.4. The van der Waals surface area contributed by atoms with E-state index in [0.717, 1.165) is 17.3 Å². The van der Waals surface area contributed by atoms with Crippen molar-refractivity contribution < 1.29 is 13.2 Å². The number of hydrogen-bond donors (Lipinski definition) is 1. The number of H-pyrrole nitrogens is 1. The van der Waals surface area contributed by atoms with Crippen LogP contribution in [0.2, 0.25) is 0 Å². The van der Waals surface area contributed by atoms with Crippen LogP contribution < -0.4 is 0 Å². The number of nitrogens with zero attached hydrogens (tertiary/aromatic N) is 1. The molecule has 0 radical (unpaired) electrons. The SMILES string of the molecule is Cc1c[nH]c(-c2ccc(C(F)(F)F)nc2)c1. The van der Waals surface area contributed by atoms with E-state index < -0.39 is 11.9 Å². The van der Waals surface area contributed by atoms with E-state index in [-0.39, 0.29) is 0 Å². The topological polar surface area (TPSA) is 28.7 Å². The lowest BCUT2D eigenvalue weighted by atomic mass is 10.2. The minimum Gasteiger partial charge on any atom is -0.361 e. The van der Waals surface area contributed by atoms with E-state index in [0.29, 0.717) is 5.56 Å². The molecule has 0 saturated carbocycles. The van der Waals surface area contributed by atoms with Crippen molar-refractivity contribution in [2.45, 2.75) is 13.1 Å². The number of aromatic amines is 1. The highest BCUT2D eigenvalue weighted by Gasteiger charge is 2.32.